The predicted molar refractivity (Wildman–Crippen MR) is 190 cm³/mol. The summed E-state index contributed by atoms with van der Waals surface area (Å²) in [6.07, 6.45) is 6.00. The molecule has 0 saturated heterocycles. The maximum absolute atomic E-state index is 6.05. The minimum atomic E-state index is 0. The number of hydrogen-bond donors (Lipinski definition) is 4. The van der Waals surface area contributed by atoms with E-state index in [9.17, 15) is 0 Å². The number of nitrogens with one attached hydrogen (secondary N) is 3. The third kappa shape index (κ3) is 16.1. The van der Waals surface area contributed by atoms with Crippen molar-refractivity contribution in [1.82, 2.24) is 39.1 Å². The van der Waals surface area contributed by atoms with Crippen LogP contribution in [-0.4, -0.2) is 80.4 Å². The van der Waals surface area contributed by atoms with E-state index in [1.54, 1.807) is 14.1 Å². The van der Waals surface area contributed by atoms with Gasteiger partial charge in [-0.15, -0.1) is 0 Å². The summed E-state index contributed by atoms with van der Waals surface area (Å²) in [6.45, 7) is 10.1. The van der Waals surface area contributed by atoms with Crippen molar-refractivity contribution < 1.29 is 18.6 Å². The molecule has 0 aliphatic heterocycles. The first-order valence-corrected chi connectivity index (χ1v) is 14.9. The van der Waals surface area contributed by atoms with E-state index in [4.69, 9.17) is 17.4 Å². The van der Waals surface area contributed by atoms with Crippen LogP contribution in [0.4, 0.5) is 17.7 Å². The molecule has 4 heterocycles. The van der Waals surface area contributed by atoms with E-state index in [0.29, 0.717) is 17.0 Å². The summed E-state index contributed by atoms with van der Waals surface area (Å²) in [5.74, 6) is 7.02. The van der Waals surface area contributed by atoms with E-state index in [1.807, 2.05) is 66.9 Å². The van der Waals surface area contributed by atoms with Gasteiger partial charge in [0.1, 0.15) is 16.4 Å². The molecule has 4 rings (SSSR count). The van der Waals surface area contributed by atoms with E-state index in [1.165, 1.54) is 8.93 Å². The second kappa shape index (κ2) is 22.6. The van der Waals surface area contributed by atoms with Crippen LogP contribution >= 0.6 is 34.2 Å². The fourth-order valence-corrected chi connectivity index (χ4v) is 3.39. The Labute approximate surface area is 288 Å². The predicted octanol–water partition coefficient (Wildman–Crippen LogP) is 6.17. The largest absolute Gasteiger partial charge is 0.354 e. The molecule has 0 aliphatic rings. The van der Waals surface area contributed by atoms with Gasteiger partial charge >= 0.3 is 0 Å². The number of aryl methyl sites for hydroxylation is 2. The van der Waals surface area contributed by atoms with Gasteiger partial charge in [0.25, 0.3) is 0 Å². The van der Waals surface area contributed by atoms with E-state index in [0.717, 1.165) is 53.8 Å². The van der Waals surface area contributed by atoms with Gasteiger partial charge in [-0.05, 0) is 25.0 Å². The van der Waals surface area contributed by atoms with Crippen molar-refractivity contribution >= 4 is 74.0 Å². The fraction of sp³-hybridized carbons (Fsp3) is 0.536. The number of rotatable bonds is 8. The summed E-state index contributed by atoms with van der Waals surface area (Å²) in [5, 5.41) is 12.1. The van der Waals surface area contributed by atoms with Crippen LogP contribution in [0.3, 0.4) is 0 Å². The number of aromatic nitrogens is 6. The molecule has 243 valence electrons. The van der Waals surface area contributed by atoms with Crippen molar-refractivity contribution in [2.75, 3.05) is 57.3 Å². The van der Waals surface area contributed by atoms with E-state index in [2.05, 4.69) is 86.3 Å². The van der Waals surface area contributed by atoms with E-state index < -0.39 is 0 Å². The molecule has 0 fully saturated rings. The monoisotopic (exact) mass is 768 g/mol. The molecule has 0 unspecified atom stereocenters. The SMILES string of the molecule is C.CCCNc1nc(Cl)c2ccn(C)c2n1.CCCNc1nc(NN(C)C)c2ccn(C)c2n1.CN(C)N.C[C-](C)I.[V]. The second-order valence-electron chi connectivity index (χ2n) is 9.76. The molecule has 0 spiro atoms. The molecule has 5 N–H and O–H groups in total. The molecule has 15 heteroatoms. The van der Waals surface area contributed by atoms with Crippen molar-refractivity contribution in [3.05, 3.63) is 33.6 Å². The van der Waals surface area contributed by atoms with Crippen LogP contribution in [0.25, 0.3) is 22.1 Å². The molecule has 0 bridgehead atoms. The van der Waals surface area contributed by atoms with Crippen molar-refractivity contribution in [1.29, 1.82) is 0 Å². The number of nitrogens with two attached hydrogens (primary N) is 1. The van der Waals surface area contributed by atoms with Crippen molar-refractivity contribution in [3.63, 3.8) is 0 Å². The molecular formula is C28H51ClIN12V-. The zero-order valence-corrected chi connectivity index (χ0v) is 30.8. The summed E-state index contributed by atoms with van der Waals surface area (Å²) in [7, 11) is 11.4. The molecule has 0 amide bonds. The van der Waals surface area contributed by atoms with Gasteiger partial charge in [-0.1, -0.05) is 32.9 Å². The van der Waals surface area contributed by atoms with E-state index >= 15 is 0 Å². The van der Waals surface area contributed by atoms with Crippen LogP contribution in [0.5, 0.6) is 0 Å². The first-order valence-electron chi connectivity index (χ1n) is 13.4. The Kier molecular flexibility index (Phi) is 22.7. The third-order valence-corrected chi connectivity index (χ3v) is 5.09. The topological polar surface area (TPSA) is 130 Å². The Bertz CT molecular complexity index is 1300. The molecule has 0 aromatic carbocycles. The zero-order chi connectivity index (χ0) is 31.1. The van der Waals surface area contributed by atoms with E-state index in [-0.39, 0.29) is 26.0 Å². The van der Waals surface area contributed by atoms with Gasteiger partial charge in [0.15, 0.2) is 5.82 Å². The van der Waals surface area contributed by atoms with Crippen LogP contribution < -0.4 is 21.9 Å². The summed E-state index contributed by atoms with van der Waals surface area (Å²) in [4.78, 5) is 17.6. The van der Waals surface area contributed by atoms with Crippen LogP contribution in [0.15, 0.2) is 24.5 Å². The van der Waals surface area contributed by atoms with Crippen LogP contribution in [0.2, 0.25) is 5.15 Å². The van der Waals surface area contributed by atoms with Crippen molar-refractivity contribution in [2.24, 2.45) is 19.9 Å². The van der Waals surface area contributed by atoms with Gasteiger partial charge in [-0.3, -0.25) is 14.8 Å². The Morgan fingerprint density at radius 2 is 1.26 bits per heavy atom. The van der Waals surface area contributed by atoms with Crippen LogP contribution in [0.1, 0.15) is 48.0 Å². The summed E-state index contributed by atoms with van der Waals surface area (Å²) >= 11 is 8.31. The Morgan fingerprint density at radius 3 is 1.67 bits per heavy atom. The smallest absolute Gasteiger partial charge is 0.226 e. The molecule has 0 saturated carbocycles. The average molecular weight is 769 g/mol. The molecule has 0 aliphatic carbocycles. The van der Waals surface area contributed by atoms with Crippen LogP contribution in [-0.2, 0) is 32.7 Å². The van der Waals surface area contributed by atoms with Gasteiger partial charge in [-0.2, -0.15) is 28.8 Å². The van der Waals surface area contributed by atoms with Gasteiger partial charge in [0.05, 0.1) is 10.8 Å². The number of fused-ring (bicyclic) bond motifs is 2. The second-order valence-corrected chi connectivity index (χ2v) is 12.3. The number of anilines is 3. The van der Waals surface area contributed by atoms with Gasteiger partial charge in [-0.25, -0.2) is 9.99 Å². The summed E-state index contributed by atoms with van der Waals surface area (Å²) in [6, 6.07) is 3.94. The minimum Gasteiger partial charge on any atom is -0.354 e. The molecule has 12 nitrogen and oxygen atoms in total. The Balaban J connectivity index is 0. The quantitative estimate of drug-likeness (QED) is 0.0543. The molecule has 1 radical (unpaired) electrons. The normalized spacial score (nSPS) is 10.1. The third-order valence-electron chi connectivity index (χ3n) is 4.80. The molecule has 4 aromatic heterocycles. The van der Waals surface area contributed by atoms with Gasteiger partial charge in [0, 0.05) is 86.3 Å². The van der Waals surface area contributed by atoms with Crippen molar-refractivity contribution in [2.45, 2.75) is 48.0 Å². The van der Waals surface area contributed by atoms with Crippen LogP contribution in [0, 0.1) is 3.92 Å². The number of hydrogen-bond acceptors (Lipinski definition) is 10. The first kappa shape index (κ1) is 43.3. The minimum absolute atomic E-state index is 0. The van der Waals surface area contributed by atoms with Gasteiger partial charge in [0.2, 0.25) is 11.9 Å². The Hall–Kier alpha value is -1.88. The Morgan fingerprint density at radius 1 is 0.860 bits per heavy atom. The first-order chi connectivity index (χ1) is 19.3. The fourth-order valence-electron chi connectivity index (χ4n) is 3.17. The van der Waals surface area contributed by atoms with Crippen molar-refractivity contribution in [3.8, 4) is 0 Å². The maximum atomic E-state index is 6.05. The average Bonchev–Trinajstić information content (AvgIpc) is 3.44. The molecule has 43 heavy (non-hydrogen) atoms. The number of halogens is 2. The standard InChI is InChI=1S/C12H20N6.C10H13ClN4.C3H6I.C2H8N2.CH4.V/c1-5-7-13-12-14-10(16-17(2)3)9-6-8-18(4)11(9)15-12;1-3-5-12-10-13-8(11)7-4-6-15(2)9(7)14-10;1-3(2)4;1-4(2)3;;/h6,8H,5,7H2,1-4H3,(H2,13,14,15,16);4,6H,3,5H2,1-2H3,(H,12,13,14);1-2H3;3H2,1-2H3;1H4;/q;;-1;;;. The summed E-state index contributed by atoms with van der Waals surface area (Å²) in [5.41, 5.74) is 4.99. The zero-order valence-electron chi connectivity index (χ0n) is 26.5. The number of nitrogens with zero attached hydrogens (tertiary/aromatic N) is 8. The molecular weight excluding hydrogens is 718 g/mol. The number of hydrazine groups is 2. The maximum Gasteiger partial charge on any atom is 0.226 e. The van der Waals surface area contributed by atoms with Gasteiger partial charge < -0.3 is 47.8 Å². The molecule has 4 aromatic rings. The molecule has 0 atom stereocenters. The summed E-state index contributed by atoms with van der Waals surface area (Å²) < 4.78 is 5.31.